The molecule has 0 radical (unpaired) electrons. The summed E-state index contributed by atoms with van der Waals surface area (Å²) in [7, 11) is 0. The number of rotatable bonds is 0. The van der Waals surface area contributed by atoms with E-state index in [9.17, 15) is 0 Å². The minimum absolute atomic E-state index is 0.124. The van der Waals surface area contributed by atoms with Gasteiger partial charge in [-0.3, -0.25) is 0 Å². The van der Waals surface area contributed by atoms with Crippen molar-refractivity contribution in [3.63, 3.8) is 0 Å². The zero-order valence-electron chi connectivity index (χ0n) is 4.56. The van der Waals surface area contributed by atoms with Crippen LogP contribution in [0.4, 0.5) is 0 Å². The Bertz CT molecular complexity index is 157. The van der Waals surface area contributed by atoms with Crippen molar-refractivity contribution in [3.05, 3.63) is 21.5 Å². The van der Waals surface area contributed by atoms with E-state index in [0.29, 0.717) is 5.76 Å². The van der Waals surface area contributed by atoms with Gasteiger partial charge in [0.2, 0.25) is 0 Å². The van der Waals surface area contributed by atoms with Crippen molar-refractivity contribution in [1.29, 1.82) is 0 Å². The molecule has 0 aromatic rings. The molecule has 1 heterocycles. The van der Waals surface area contributed by atoms with Crippen LogP contribution in [-0.4, -0.2) is 9.12 Å². The largest absolute Gasteiger partial charge is 0.508 e. The van der Waals surface area contributed by atoms with Gasteiger partial charge in [-0.1, -0.05) is 20.7 Å². The molecular weight excluding hydrogens is 215 g/mol. The lowest BCUT2D eigenvalue weighted by atomic mass is 10.3. The summed E-state index contributed by atoms with van der Waals surface area (Å²) in [5.41, 5.74) is 1.03. The monoisotopic (exact) mass is 222 g/mol. The average molecular weight is 222 g/mol. The van der Waals surface area contributed by atoms with E-state index >= 15 is 0 Å². The fourth-order valence-corrected chi connectivity index (χ4v) is 2.03. The maximum Gasteiger partial charge on any atom is 0.119 e. The maximum absolute atomic E-state index is 8.96. The van der Waals surface area contributed by atoms with E-state index in [-0.39, 0.29) is 20.7 Å². The molecule has 1 nitrogen and oxygen atoms in total. The van der Waals surface area contributed by atoms with Crippen molar-refractivity contribution in [2.24, 2.45) is 0 Å². The summed E-state index contributed by atoms with van der Waals surface area (Å²) in [5, 5.41) is 8.96. The van der Waals surface area contributed by atoms with E-state index < -0.39 is 0 Å². The van der Waals surface area contributed by atoms with Crippen LogP contribution < -0.4 is 0 Å². The summed E-state index contributed by atoms with van der Waals surface area (Å²) >= 11 is 0.124. The first kappa shape index (κ1) is 6.01. The Labute approximate surface area is 58.5 Å². The van der Waals surface area contributed by atoms with Crippen molar-refractivity contribution >= 4 is 24.7 Å². The number of hydrogen-bond donors (Lipinski definition) is 1. The van der Waals surface area contributed by atoms with Gasteiger partial charge in [-0.2, -0.15) is 0 Å². The third-order valence-corrected chi connectivity index (χ3v) is 2.99. The Hall–Kier alpha value is -0.120. The Kier molecular flexibility index (Phi) is 1.83. The minimum Gasteiger partial charge on any atom is -0.508 e. The van der Waals surface area contributed by atoms with E-state index in [2.05, 4.69) is 4.01 Å². The minimum atomic E-state index is 0.124. The van der Waals surface area contributed by atoms with Crippen LogP contribution in [0.1, 0.15) is 6.92 Å². The van der Waals surface area contributed by atoms with Gasteiger partial charge in [0.25, 0.3) is 0 Å². The van der Waals surface area contributed by atoms with E-state index in [0.717, 1.165) is 5.57 Å². The number of aliphatic hydroxyl groups is 1. The van der Waals surface area contributed by atoms with Crippen molar-refractivity contribution in [1.82, 2.24) is 0 Å². The van der Waals surface area contributed by atoms with Crippen molar-refractivity contribution in [3.8, 4) is 0 Å². The summed E-state index contributed by atoms with van der Waals surface area (Å²) in [6.07, 6.45) is 1.78. The molecule has 0 fully saturated rings. The predicted octanol–water partition coefficient (Wildman–Crippen LogP) is 2.12. The summed E-state index contributed by atoms with van der Waals surface area (Å²) in [4.78, 5) is 0. The second-order valence-corrected chi connectivity index (χ2v) is 3.66. The average Bonchev–Trinajstić information content (AvgIpc) is 1.77. The van der Waals surface area contributed by atoms with E-state index in [4.69, 9.17) is 5.11 Å². The molecule has 1 aliphatic rings. The second kappa shape index (κ2) is 2.44. The quantitative estimate of drug-likeness (QED) is 0.622. The summed E-state index contributed by atoms with van der Waals surface area (Å²) in [5.74, 6) is 0.427. The second-order valence-electron chi connectivity index (χ2n) is 1.60. The van der Waals surface area contributed by atoms with Crippen LogP contribution >= 0.6 is 20.7 Å². The molecule has 1 rings (SSSR count). The molecule has 8 heavy (non-hydrogen) atoms. The molecule has 2 heteroatoms. The number of hydrogen-bond acceptors (Lipinski definition) is 1. The molecule has 1 aliphatic heterocycles. The van der Waals surface area contributed by atoms with Gasteiger partial charge in [-0.25, -0.2) is 0 Å². The normalized spacial score (nSPS) is 18.6. The SMILES string of the molecule is CC1=C(O)C=CI=C1. The predicted molar refractivity (Wildman–Crippen MR) is 44.6 cm³/mol. The Balaban J connectivity index is 2.97. The van der Waals surface area contributed by atoms with Crippen LogP contribution in [0.3, 0.4) is 0 Å². The number of halogens is 1. The van der Waals surface area contributed by atoms with Gasteiger partial charge in [0.15, 0.2) is 0 Å². The molecule has 0 aromatic carbocycles. The van der Waals surface area contributed by atoms with Crippen LogP contribution in [-0.2, 0) is 0 Å². The smallest absolute Gasteiger partial charge is 0.119 e. The summed E-state index contributed by atoms with van der Waals surface area (Å²) in [6.45, 7) is 1.93. The van der Waals surface area contributed by atoms with Crippen LogP contribution in [0, 0.1) is 0 Å². The molecule has 0 spiro atoms. The molecule has 0 aromatic heterocycles. The molecule has 44 valence electrons. The van der Waals surface area contributed by atoms with Crippen molar-refractivity contribution in [2.45, 2.75) is 6.92 Å². The lowest BCUT2D eigenvalue weighted by Gasteiger charge is -1.97. The molecule has 0 bridgehead atoms. The molecule has 0 atom stereocenters. The Morgan fingerprint density at radius 3 is 2.75 bits per heavy atom. The van der Waals surface area contributed by atoms with Gasteiger partial charge in [0.05, 0.1) is 0 Å². The number of allylic oxidation sites excluding steroid dienone is 2. The van der Waals surface area contributed by atoms with Gasteiger partial charge in [0.1, 0.15) is 5.76 Å². The van der Waals surface area contributed by atoms with Crippen molar-refractivity contribution < 1.29 is 5.11 Å². The fraction of sp³-hybridized carbons (Fsp3) is 0.167. The van der Waals surface area contributed by atoms with Gasteiger partial charge in [-0.15, -0.1) is 0 Å². The van der Waals surface area contributed by atoms with Crippen LogP contribution in [0.15, 0.2) is 21.5 Å². The maximum atomic E-state index is 8.96. The highest BCUT2D eigenvalue weighted by Gasteiger charge is 1.93. The molecule has 1 N–H and O–H groups in total. The molecule has 0 saturated carbocycles. The first-order chi connectivity index (χ1) is 3.80. The molecule has 0 aliphatic carbocycles. The van der Waals surface area contributed by atoms with Crippen LogP contribution in [0.5, 0.6) is 0 Å². The Morgan fingerprint density at radius 1 is 1.62 bits per heavy atom. The molecule has 0 saturated heterocycles. The van der Waals surface area contributed by atoms with Gasteiger partial charge in [-0.05, 0) is 26.7 Å². The third-order valence-electron chi connectivity index (χ3n) is 0.924. The highest BCUT2D eigenvalue weighted by Crippen LogP contribution is 2.12. The lowest BCUT2D eigenvalue weighted by molar-refractivity contribution is 0.429. The highest BCUT2D eigenvalue weighted by atomic mass is 127. The first-order valence-corrected chi connectivity index (χ1v) is 4.81. The van der Waals surface area contributed by atoms with Crippen LogP contribution in [0.25, 0.3) is 0 Å². The van der Waals surface area contributed by atoms with Gasteiger partial charge in [0, 0.05) is 0 Å². The van der Waals surface area contributed by atoms with Crippen molar-refractivity contribution in [2.75, 3.05) is 0 Å². The Morgan fingerprint density at radius 2 is 2.38 bits per heavy atom. The van der Waals surface area contributed by atoms with Gasteiger partial charge >= 0.3 is 0 Å². The molecular formula is C6H7IO. The van der Waals surface area contributed by atoms with Gasteiger partial charge < -0.3 is 5.11 Å². The van der Waals surface area contributed by atoms with E-state index in [1.807, 2.05) is 11.0 Å². The standard InChI is InChI=1S/C6H7IO/c1-5-4-7-3-2-6(5)8/h2-4,8H,1H3. The third kappa shape index (κ3) is 1.18. The van der Waals surface area contributed by atoms with E-state index in [1.54, 1.807) is 6.08 Å². The summed E-state index contributed by atoms with van der Waals surface area (Å²) in [6, 6.07) is 0. The lowest BCUT2D eigenvalue weighted by Crippen LogP contribution is -1.84. The fourth-order valence-electron chi connectivity index (χ4n) is 0.414. The number of aliphatic hydroxyl groups excluding tert-OH is 1. The highest BCUT2D eigenvalue weighted by molar-refractivity contribution is 14.2. The van der Waals surface area contributed by atoms with E-state index in [1.165, 1.54) is 0 Å². The zero-order valence-corrected chi connectivity index (χ0v) is 6.71. The summed E-state index contributed by atoms with van der Waals surface area (Å²) < 4.78 is 4.15. The first-order valence-electron chi connectivity index (χ1n) is 2.32. The molecule has 0 unspecified atom stereocenters. The molecule has 0 amide bonds. The topological polar surface area (TPSA) is 20.2 Å². The van der Waals surface area contributed by atoms with Crippen LogP contribution in [0.2, 0.25) is 0 Å². The zero-order chi connectivity index (χ0) is 5.98.